The van der Waals surface area contributed by atoms with Gasteiger partial charge in [0, 0.05) is 16.2 Å². The zero-order valence-corrected chi connectivity index (χ0v) is 11.5. The lowest BCUT2D eigenvalue weighted by molar-refractivity contribution is -0.385. The van der Waals surface area contributed by atoms with Gasteiger partial charge in [-0.05, 0) is 18.2 Å². The maximum atomic E-state index is 12.5. The third-order valence-corrected chi connectivity index (χ3v) is 4.28. The van der Waals surface area contributed by atoms with Crippen LogP contribution in [0.1, 0.15) is 15.2 Å². The lowest BCUT2D eigenvalue weighted by Gasteiger charge is -2.00. The fourth-order valence-corrected chi connectivity index (χ4v) is 3.18. The molecule has 2 aromatic carbocycles. The molecular weight excluding hydrogens is 290 g/mol. The number of nitro groups is 1. The summed E-state index contributed by atoms with van der Waals surface area (Å²) in [7, 11) is 0. The van der Waals surface area contributed by atoms with Crippen LogP contribution in [0.2, 0.25) is 0 Å². The van der Waals surface area contributed by atoms with E-state index in [0.717, 1.165) is 16.0 Å². The van der Waals surface area contributed by atoms with Gasteiger partial charge in [0.15, 0.2) is 0 Å². The van der Waals surface area contributed by atoms with Crippen molar-refractivity contribution in [2.75, 3.05) is 0 Å². The van der Waals surface area contributed by atoms with E-state index in [9.17, 15) is 20.0 Å². The largest absolute Gasteiger partial charge is 0.506 e. The molecule has 6 heteroatoms. The Balaban J connectivity index is 2.18. The number of benzene rings is 2. The van der Waals surface area contributed by atoms with Gasteiger partial charge in [-0.1, -0.05) is 24.3 Å². The van der Waals surface area contributed by atoms with Crippen LogP contribution in [-0.4, -0.2) is 15.8 Å². The third kappa shape index (κ3) is 2.15. The van der Waals surface area contributed by atoms with E-state index in [0.29, 0.717) is 5.39 Å². The predicted molar refractivity (Wildman–Crippen MR) is 80.0 cm³/mol. The second kappa shape index (κ2) is 4.99. The van der Waals surface area contributed by atoms with Crippen molar-refractivity contribution in [3.05, 3.63) is 69.1 Å². The van der Waals surface area contributed by atoms with E-state index < -0.39 is 10.7 Å². The van der Waals surface area contributed by atoms with E-state index in [4.69, 9.17) is 0 Å². The number of thiophene rings is 1. The summed E-state index contributed by atoms with van der Waals surface area (Å²) in [6.45, 7) is 0. The van der Waals surface area contributed by atoms with Gasteiger partial charge in [-0.2, -0.15) is 0 Å². The van der Waals surface area contributed by atoms with Crippen molar-refractivity contribution < 1.29 is 14.8 Å². The van der Waals surface area contributed by atoms with Crippen LogP contribution in [0.4, 0.5) is 5.69 Å². The molecule has 0 amide bonds. The molecule has 0 saturated carbocycles. The maximum absolute atomic E-state index is 12.5. The van der Waals surface area contributed by atoms with E-state index in [2.05, 4.69) is 0 Å². The quantitative estimate of drug-likeness (QED) is 0.454. The highest BCUT2D eigenvalue weighted by molar-refractivity contribution is 7.21. The van der Waals surface area contributed by atoms with E-state index in [-0.39, 0.29) is 21.9 Å². The summed E-state index contributed by atoms with van der Waals surface area (Å²) in [5.41, 5.74) is -0.288. The number of carbonyl (C=O) groups excluding carboxylic acids is 1. The number of nitrogens with zero attached hydrogens (tertiary/aromatic N) is 1. The zero-order valence-electron chi connectivity index (χ0n) is 10.6. The van der Waals surface area contributed by atoms with Gasteiger partial charge in [-0.25, -0.2) is 0 Å². The number of aromatic hydroxyl groups is 1. The number of rotatable bonds is 3. The van der Waals surface area contributed by atoms with Crippen molar-refractivity contribution in [3.8, 4) is 5.75 Å². The van der Waals surface area contributed by atoms with Crippen molar-refractivity contribution in [2.45, 2.75) is 0 Å². The van der Waals surface area contributed by atoms with Crippen molar-refractivity contribution in [1.29, 1.82) is 0 Å². The van der Waals surface area contributed by atoms with Gasteiger partial charge in [0.1, 0.15) is 16.2 Å². The third-order valence-electron chi connectivity index (χ3n) is 3.12. The SMILES string of the molecule is O=C(c1ccccc1[N+](=O)[O-])c1sc2ccccc2c1O. The first-order valence-corrected chi connectivity index (χ1v) is 6.90. The molecule has 0 aliphatic carbocycles. The number of hydrogen-bond donors (Lipinski definition) is 1. The van der Waals surface area contributed by atoms with E-state index in [1.165, 1.54) is 18.2 Å². The van der Waals surface area contributed by atoms with Crippen LogP contribution in [0.15, 0.2) is 48.5 Å². The van der Waals surface area contributed by atoms with Crippen LogP contribution in [0.25, 0.3) is 10.1 Å². The summed E-state index contributed by atoms with van der Waals surface area (Å²) in [4.78, 5) is 23.0. The van der Waals surface area contributed by atoms with Gasteiger partial charge in [-0.15, -0.1) is 11.3 Å². The standard InChI is InChI=1S/C15H9NO4S/c17-13(9-5-1-3-7-11(9)16(19)20)15-14(18)10-6-2-4-8-12(10)21-15/h1-8,18H. The minimum atomic E-state index is -0.600. The summed E-state index contributed by atoms with van der Waals surface area (Å²) in [6.07, 6.45) is 0. The smallest absolute Gasteiger partial charge is 0.280 e. The first-order valence-electron chi connectivity index (χ1n) is 6.08. The fraction of sp³-hybridized carbons (Fsp3) is 0. The van der Waals surface area contributed by atoms with Gasteiger partial charge in [-0.3, -0.25) is 14.9 Å². The number of hydrogen-bond acceptors (Lipinski definition) is 5. The van der Waals surface area contributed by atoms with E-state index in [1.54, 1.807) is 30.3 Å². The highest BCUT2D eigenvalue weighted by atomic mass is 32.1. The molecule has 21 heavy (non-hydrogen) atoms. The lowest BCUT2D eigenvalue weighted by atomic mass is 10.1. The fourth-order valence-electron chi connectivity index (χ4n) is 2.13. The number of carbonyl (C=O) groups is 1. The predicted octanol–water partition coefficient (Wildman–Crippen LogP) is 3.75. The second-order valence-corrected chi connectivity index (χ2v) is 5.43. The molecule has 0 fully saturated rings. The van der Waals surface area contributed by atoms with Crippen molar-refractivity contribution in [1.82, 2.24) is 0 Å². The molecule has 3 aromatic rings. The Bertz CT molecular complexity index is 869. The van der Waals surface area contributed by atoms with Crippen LogP contribution in [0.3, 0.4) is 0 Å². The summed E-state index contributed by atoms with van der Waals surface area (Å²) in [6, 6.07) is 12.8. The van der Waals surface area contributed by atoms with Gasteiger partial charge < -0.3 is 5.11 Å². The molecule has 0 saturated heterocycles. The molecular formula is C15H9NO4S. The molecule has 0 spiro atoms. The monoisotopic (exact) mass is 299 g/mol. The van der Waals surface area contributed by atoms with Crippen molar-refractivity contribution in [3.63, 3.8) is 0 Å². The molecule has 1 N–H and O–H groups in total. The Labute approximate surface area is 123 Å². The molecule has 0 bridgehead atoms. The Morgan fingerprint density at radius 2 is 1.76 bits per heavy atom. The molecule has 0 unspecified atom stereocenters. The molecule has 0 atom stereocenters. The van der Waals surface area contributed by atoms with Gasteiger partial charge in [0.25, 0.3) is 5.69 Å². The van der Waals surface area contributed by atoms with E-state index in [1.807, 2.05) is 0 Å². The summed E-state index contributed by atoms with van der Waals surface area (Å²) in [5, 5.41) is 21.8. The molecule has 1 heterocycles. The van der Waals surface area contributed by atoms with Crippen LogP contribution in [0, 0.1) is 10.1 Å². The average molecular weight is 299 g/mol. The number of nitro benzene ring substituents is 1. The van der Waals surface area contributed by atoms with Crippen molar-refractivity contribution >= 4 is 32.9 Å². The van der Waals surface area contributed by atoms with E-state index >= 15 is 0 Å². The Morgan fingerprint density at radius 3 is 2.48 bits per heavy atom. The van der Waals surface area contributed by atoms with Crippen LogP contribution >= 0.6 is 11.3 Å². The minimum absolute atomic E-state index is 0.0237. The first-order chi connectivity index (χ1) is 10.1. The highest BCUT2D eigenvalue weighted by Gasteiger charge is 2.25. The Hall–Kier alpha value is -2.73. The molecule has 3 rings (SSSR count). The topological polar surface area (TPSA) is 80.4 Å². The maximum Gasteiger partial charge on any atom is 0.280 e. The summed E-state index contributed by atoms with van der Waals surface area (Å²) >= 11 is 1.13. The number of para-hydroxylation sites is 1. The minimum Gasteiger partial charge on any atom is -0.506 e. The van der Waals surface area contributed by atoms with Crippen LogP contribution < -0.4 is 0 Å². The molecule has 104 valence electrons. The highest BCUT2D eigenvalue weighted by Crippen LogP contribution is 2.38. The van der Waals surface area contributed by atoms with Crippen LogP contribution in [-0.2, 0) is 0 Å². The number of ketones is 1. The zero-order chi connectivity index (χ0) is 15.0. The van der Waals surface area contributed by atoms with Gasteiger partial charge in [0.2, 0.25) is 5.78 Å². The van der Waals surface area contributed by atoms with Gasteiger partial charge >= 0.3 is 0 Å². The normalized spacial score (nSPS) is 10.7. The van der Waals surface area contributed by atoms with Gasteiger partial charge in [0.05, 0.1) is 4.92 Å². The Morgan fingerprint density at radius 1 is 1.10 bits per heavy atom. The summed E-state index contributed by atoms with van der Waals surface area (Å²) in [5.74, 6) is -0.667. The molecule has 0 aliphatic rings. The number of fused-ring (bicyclic) bond motifs is 1. The summed E-state index contributed by atoms with van der Waals surface area (Å²) < 4.78 is 0.761. The van der Waals surface area contributed by atoms with Crippen molar-refractivity contribution in [2.24, 2.45) is 0 Å². The van der Waals surface area contributed by atoms with Crippen LogP contribution in [0.5, 0.6) is 5.75 Å². The molecule has 0 aliphatic heterocycles. The lowest BCUT2D eigenvalue weighted by Crippen LogP contribution is -2.03. The molecule has 5 nitrogen and oxygen atoms in total. The average Bonchev–Trinajstić information content (AvgIpc) is 2.84. The molecule has 1 aromatic heterocycles. The Kier molecular flexibility index (Phi) is 3.15. The second-order valence-electron chi connectivity index (χ2n) is 4.38. The first kappa shape index (κ1) is 13.3. The molecule has 0 radical (unpaired) electrons.